The smallest absolute Gasteiger partial charge is 0.343 e. The molecule has 1 aromatic heterocycles. The molecule has 0 saturated heterocycles. The van der Waals surface area contributed by atoms with Crippen molar-refractivity contribution in [3.8, 4) is 22.8 Å². The molecule has 0 aliphatic rings. The molecule has 0 saturated carbocycles. The number of esters is 1. The van der Waals surface area contributed by atoms with E-state index in [0.29, 0.717) is 40.1 Å². The van der Waals surface area contributed by atoms with Gasteiger partial charge in [0, 0.05) is 23.1 Å². The third-order valence-electron chi connectivity index (χ3n) is 4.95. The molecule has 9 nitrogen and oxygen atoms in total. The number of aryl methyl sites for hydroxylation is 1. The average molecular weight is 503 g/mol. The van der Waals surface area contributed by atoms with Crippen molar-refractivity contribution < 1.29 is 19.2 Å². The van der Waals surface area contributed by atoms with Crippen LogP contribution in [0.1, 0.15) is 28.4 Å². The predicted octanol–water partition coefficient (Wildman–Crippen LogP) is 6.09. The fraction of sp³-hybridized carbons (Fsp3) is 0.115. The van der Waals surface area contributed by atoms with Crippen LogP contribution in [0.4, 0.5) is 10.8 Å². The zero-order valence-corrected chi connectivity index (χ0v) is 20.3. The highest BCUT2D eigenvalue weighted by Crippen LogP contribution is 2.30. The number of non-ortho nitro benzene ring substituents is 1. The molecule has 182 valence electrons. The van der Waals surface area contributed by atoms with Crippen molar-refractivity contribution in [3.63, 3.8) is 0 Å². The second-order valence-electron chi connectivity index (χ2n) is 7.61. The van der Waals surface area contributed by atoms with Gasteiger partial charge in [-0.2, -0.15) is 5.10 Å². The number of nitrogens with zero attached hydrogens (tertiary/aromatic N) is 3. The molecule has 4 aromatic rings. The number of ether oxygens (including phenoxy) is 2. The van der Waals surface area contributed by atoms with Crippen LogP contribution in [0.3, 0.4) is 0 Å². The molecular weight excluding hydrogens is 480 g/mol. The number of benzene rings is 3. The zero-order chi connectivity index (χ0) is 25.5. The van der Waals surface area contributed by atoms with Gasteiger partial charge in [-0.05, 0) is 49.7 Å². The van der Waals surface area contributed by atoms with Gasteiger partial charge in [-0.1, -0.05) is 29.8 Å². The molecule has 0 fully saturated rings. The first-order valence-electron chi connectivity index (χ1n) is 11.0. The molecule has 0 atom stereocenters. The van der Waals surface area contributed by atoms with E-state index in [-0.39, 0.29) is 5.69 Å². The SMILES string of the molecule is CCOc1cc(/C=N\Nc2nc(-c3cccc([N+](=O)[O-])c3)cs2)ccc1OC(=O)c1cccc(C)c1. The van der Waals surface area contributed by atoms with Crippen LogP contribution in [0.2, 0.25) is 0 Å². The summed E-state index contributed by atoms with van der Waals surface area (Å²) in [6.07, 6.45) is 1.59. The Hall–Kier alpha value is -4.57. The molecule has 0 spiro atoms. The maximum absolute atomic E-state index is 12.5. The summed E-state index contributed by atoms with van der Waals surface area (Å²) in [6.45, 7) is 4.15. The van der Waals surface area contributed by atoms with Crippen LogP contribution in [-0.2, 0) is 0 Å². The average Bonchev–Trinajstić information content (AvgIpc) is 3.35. The Labute approximate surface area is 211 Å². The molecule has 0 aliphatic heterocycles. The van der Waals surface area contributed by atoms with Crippen molar-refractivity contribution in [3.05, 3.63) is 98.9 Å². The van der Waals surface area contributed by atoms with E-state index in [9.17, 15) is 14.9 Å². The number of rotatable bonds is 9. The third-order valence-corrected chi connectivity index (χ3v) is 5.70. The first kappa shape index (κ1) is 24.6. The van der Waals surface area contributed by atoms with E-state index < -0.39 is 10.9 Å². The van der Waals surface area contributed by atoms with E-state index in [2.05, 4.69) is 15.5 Å². The molecule has 36 heavy (non-hydrogen) atoms. The number of nitro groups is 1. The van der Waals surface area contributed by atoms with Gasteiger partial charge in [0.1, 0.15) is 0 Å². The minimum absolute atomic E-state index is 0.00569. The molecule has 1 heterocycles. The van der Waals surface area contributed by atoms with Crippen LogP contribution < -0.4 is 14.9 Å². The summed E-state index contributed by atoms with van der Waals surface area (Å²) in [4.78, 5) is 27.5. The minimum atomic E-state index is -0.467. The maximum Gasteiger partial charge on any atom is 0.343 e. The molecule has 0 radical (unpaired) electrons. The van der Waals surface area contributed by atoms with Crippen molar-refractivity contribution in [2.24, 2.45) is 5.10 Å². The fourth-order valence-electron chi connectivity index (χ4n) is 3.29. The van der Waals surface area contributed by atoms with Gasteiger partial charge < -0.3 is 9.47 Å². The molecular formula is C26H22N4O5S. The Morgan fingerprint density at radius 1 is 1.14 bits per heavy atom. The second-order valence-corrected chi connectivity index (χ2v) is 8.47. The van der Waals surface area contributed by atoms with Crippen molar-refractivity contribution in [1.29, 1.82) is 0 Å². The van der Waals surface area contributed by atoms with Crippen LogP contribution in [0, 0.1) is 17.0 Å². The van der Waals surface area contributed by atoms with E-state index in [1.165, 1.54) is 23.5 Å². The van der Waals surface area contributed by atoms with Gasteiger partial charge in [0.2, 0.25) is 5.13 Å². The van der Waals surface area contributed by atoms with E-state index in [1.807, 2.05) is 19.9 Å². The lowest BCUT2D eigenvalue weighted by Gasteiger charge is -2.11. The van der Waals surface area contributed by atoms with Gasteiger partial charge in [-0.25, -0.2) is 9.78 Å². The fourth-order valence-corrected chi connectivity index (χ4v) is 3.96. The number of nitro benzene ring substituents is 1. The topological polar surface area (TPSA) is 116 Å². The van der Waals surface area contributed by atoms with Crippen molar-refractivity contribution in [2.45, 2.75) is 13.8 Å². The summed E-state index contributed by atoms with van der Waals surface area (Å²) in [6, 6.07) is 18.6. The standard InChI is InChI=1S/C26H22N4O5S/c1-3-34-24-13-18(10-11-23(24)35-25(31)20-8-4-6-17(2)12-20)15-27-29-26-28-22(16-36-26)19-7-5-9-21(14-19)30(32)33/h4-16H,3H2,1-2H3,(H,28,29)/b27-15-. The van der Waals surface area contributed by atoms with E-state index in [4.69, 9.17) is 9.47 Å². The molecule has 4 rings (SSSR count). The van der Waals surface area contributed by atoms with Crippen LogP contribution in [0.5, 0.6) is 11.5 Å². The van der Waals surface area contributed by atoms with Gasteiger partial charge in [0.05, 0.1) is 29.0 Å². The summed E-state index contributed by atoms with van der Waals surface area (Å²) >= 11 is 1.33. The molecule has 0 bridgehead atoms. The van der Waals surface area contributed by atoms with Gasteiger partial charge >= 0.3 is 5.97 Å². The monoisotopic (exact) mass is 502 g/mol. The first-order valence-corrected chi connectivity index (χ1v) is 11.9. The number of aromatic nitrogens is 1. The van der Waals surface area contributed by atoms with Crippen molar-refractivity contribution >= 4 is 34.3 Å². The number of nitrogens with one attached hydrogen (secondary N) is 1. The highest BCUT2D eigenvalue weighted by Gasteiger charge is 2.14. The number of carbonyl (C=O) groups excluding carboxylic acids is 1. The summed E-state index contributed by atoms with van der Waals surface area (Å²) in [5.41, 5.74) is 6.27. The first-order chi connectivity index (χ1) is 17.4. The molecule has 0 aliphatic carbocycles. The number of hydrogen-bond donors (Lipinski definition) is 1. The Kier molecular flexibility index (Phi) is 7.66. The Morgan fingerprint density at radius 3 is 2.75 bits per heavy atom. The number of hydrogen-bond acceptors (Lipinski definition) is 9. The lowest BCUT2D eigenvalue weighted by Crippen LogP contribution is -2.10. The van der Waals surface area contributed by atoms with Crippen LogP contribution in [-0.4, -0.2) is 28.7 Å². The predicted molar refractivity (Wildman–Crippen MR) is 139 cm³/mol. The molecule has 3 aromatic carbocycles. The van der Waals surface area contributed by atoms with Crippen molar-refractivity contribution in [1.82, 2.24) is 4.98 Å². The number of carbonyl (C=O) groups is 1. The van der Waals surface area contributed by atoms with E-state index >= 15 is 0 Å². The lowest BCUT2D eigenvalue weighted by atomic mass is 10.1. The highest BCUT2D eigenvalue weighted by molar-refractivity contribution is 7.14. The van der Waals surface area contributed by atoms with Gasteiger partial charge in [0.25, 0.3) is 5.69 Å². The van der Waals surface area contributed by atoms with Crippen molar-refractivity contribution in [2.75, 3.05) is 12.0 Å². The largest absolute Gasteiger partial charge is 0.490 e. The summed E-state index contributed by atoms with van der Waals surface area (Å²) in [5.74, 6) is 0.269. The zero-order valence-electron chi connectivity index (χ0n) is 19.5. The van der Waals surface area contributed by atoms with Gasteiger partial charge in [0.15, 0.2) is 11.5 Å². The van der Waals surface area contributed by atoms with Crippen LogP contribution in [0.15, 0.2) is 77.2 Å². The molecule has 0 unspecified atom stereocenters. The quantitative estimate of drug-likeness (QED) is 0.0968. The number of anilines is 1. The molecule has 0 amide bonds. The molecule has 10 heteroatoms. The summed E-state index contributed by atoms with van der Waals surface area (Å²) < 4.78 is 11.2. The van der Waals surface area contributed by atoms with Crippen LogP contribution in [0.25, 0.3) is 11.3 Å². The van der Waals surface area contributed by atoms with E-state index in [0.717, 1.165) is 11.1 Å². The highest BCUT2D eigenvalue weighted by atomic mass is 32.1. The van der Waals surface area contributed by atoms with Gasteiger partial charge in [-0.3, -0.25) is 15.5 Å². The number of hydrazone groups is 1. The Morgan fingerprint density at radius 2 is 1.97 bits per heavy atom. The maximum atomic E-state index is 12.5. The third kappa shape index (κ3) is 6.10. The van der Waals surface area contributed by atoms with Crippen LogP contribution >= 0.6 is 11.3 Å². The normalized spacial score (nSPS) is 10.8. The van der Waals surface area contributed by atoms with Gasteiger partial charge in [-0.15, -0.1) is 11.3 Å². The molecule has 1 N–H and O–H groups in total. The van der Waals surface area contributed by atoms with E-state index in [1.54, 1.807) is 60.1 Å². The second kappa shape index (κ2) is 11.2. The lowest BCUT2D eigenvalue weighted by molar-refractivity contribution is -0.384. The summed E-state index contributed by atoms with van der Waals surface area (Å²) in [7, 11) is 0. The minimum Gasteiger partial charge on any atom is -0.490 e. The number of thiazole rings is 1. The summed E-state index contributed by atoms with van der Waals surface area (Å²) in [5, 5.41) is 17.5. The Bertz CT molecular complexity index is 1430. The Balaban J connectivity index is 1.44.